The summed E-state index contributed by atoms with van der Waals surface area (Å²) in [6, 6.07) is 16.7. The Kier molecular flexibility index (Phi) is 4.38. The first-order chi connectivity index (χ1) is 10.8. The van der Waals surface area contributed by atoms with Crippen LogP contribution in [0.4, 0.5) is 0 Å². The number of ether oxygens (including phenoxy) is 1. The molecule has 112 valence electrons. The molecular weight excluding hydrogens is 272 g/mol. The molecule has 0 aliphatic heterocycles. The maximum absolute atomic E-state index is 11.8. The Morgan fingerprint density at radius 2 is 1.64 bits per heavy atom. The summed E-state index contributed by atoms with van der Waals surface area (Å²) in [4.78, 5) is 11.8. The van der Waals surface area contributed by atoms with Gasteiger partial charge in [0, 0.05) is 12.0 Å². The molecule has 3 rings (SSSR count). The van der Waals surface area contributed by atoms with Crippen molar-refractivity contribution in [2.75, 3.05) is 6.61 Å². The van der Waals surface area contributed by atoms with E-state index in [-0.39, 0.29) is 11.9 Å². The minimum atomic E-state index is -0.254. The lowest BCUT2D eigenvalue weighted by Crippen LogP contribution is -2.10. The highest BCUT2D eigenvalue weighted by atomic mass is 16.5. The molecule has 1 aliphatic rings. The van der Waals surface area contributed by atoms with Crippen LogP contribution < -0.4 is 0 Å². The third-order valence-electron chi connectivity index (χ3n) is 4.06. The highest BCUT2D eigenvalue weighted by Gasteiger charge is 2.28. The number of allylic oxidation sites excluding steroid dienone is 1. The lowest BCUT2D eigenvalue weighted by Gasteiger charge is -2.13. The molecule has 0 bridgehead atoms. The normalized spacial score (nSPS) is 13.1. The lowest BCUT2D eigenvalue weighted by atomic mass is 9.98. The van der Waals surface area contributed by atoms with Crippen LogP contribution in [0.5, 0.6) is 0 Å². The minimum absolute atomic E-state index is 0.135. The smallest absolute Gasteiger partial charge is 0.330 e. The molecule has 2 nitrogen and oxygen atoms in total. The summed E-state index contributed by atoms with van der Waals surface area (Å²) in [5.74, 6) is -0.119. The second-order valence-electron chi connectivity index (χ2n) is 5.55. The predicted octanol–water partition coefficient (Wildman–Crippen LogP) is 4.70. The van der Waals surface area contributed by atoms with Crippen LogP contribution in [-0.4, -0.2) is 12.6 Å². The molecule has 0 saturated carbocycles. The van der Waals surface area contributed by atoms with Crippen LogP contribution in [0.3, 0.4) is 0 Å². The van der Waals surface area contributed by atoms with Crippen LogP contribution in [0.1, 0.15) is 36.8 Å². The van der Waals surface area contributed by atoms with Gasteiger partial charge in [0.25, 0.3) is 0 Å². The zero-order chi connectivity index (χ0) is 15.4. The van der Waals surface area contributed by atoms with Gasteiger partial charge in [0.2, 0.25) is 0 Å². The fourth-order valence-corrected chi connectivity index (χ4v) is 3.00. The first-order valence-corrected chi connectivity index (χ1v) is 7.82. The Morgan fingerprint density at radius 1 is 1.05 bits per heavy atom. The number of fused-ring (bicyclic) bond motifs is 3. The monoisotopic (exact) mass is 292 g/mol. The van der Waals surface area contributed by atoms with Gasteiger partial charge >= 0.3 is 5.97 Å². The van der Waals surface area contributed by atoms with Crippen molar-refractivity contribution in [2.24, 2.45) is 0 Å². The van der Waals surface area contributed by atoms with E-state index in [1.54, 1.807) is 0 Å². The summed E-state index contributed by atoms with van der Waals surface area (Å²) in [7, 11) is 0. The second kappa shape index (κ2) is 6.61. The van der Waals surface area contributed by atoms with Crippen molar-refractivity contribution in [1.82, 2.24) is 0 Å². The molecule has 2 aromatic carbocycles. The van der Waals surface area contributed by atoms with E-state index in [2.05, 4.69) is 43.3 Å². The topological polar surface area (TPSA) is 26.3 Å². The molecule has 0 amide bonds. The van der Waals surface area contributed by atoms with E-state index in [0.717, 1.165) is 12.8 Å². The fourth-order valence-electron chi connectivity index (χ4n) is 3.00. The third-order valence-corrected chi connectivity index (χ3v) is 4.06. The first-order valence-electron chi connectivity index (χ1n) is 7.82. The summed E-state index contributed by atoms with van der Waals surface area (Å²) < 4.78 is 5.46. The van der Waals surface area contributed by atoms with Gasteiger partial charge in [-0.1, -0.05) is 68.0 Å². The van der Waals surface area contributed by atoms with Crippen molar-refractivity contribution < 1.29 is 9.53 Å². The fraction of sp³-hybridized carbons (Fsp3) is 0.250. The van der Waals surface area contributed by atoms with Gasteiger partial charge in [0.1, 0.15) is 6.61 Å². The van der Waals surface area contributed by atoms with Gasteiger partial charge in [0.05, 0.1) is 0 Å². The van der Waals surface area contributed by atoms with Gasteiger partial charge < -0.3 is 4.74 Å². The summed E-state index contributed by atoms with van der Waals surface area (Å²) in [5.41, 5.74) is 4.99. The molecule has 0 fully saturated rings. The van der Waals surface area contributed by atoms with Gasteiger partial charge in [-0.3, -0.25) is 0 Å². The molecule has 2 heteroatoms. The Labute approximate surface area is 131 Å². The number of hydrogen-bond acceptors (Lipinski definition) is 2. The SMILES string of the molecule is CCCC=CC(=O)OCC1c2ccccc2-c2ccccc21. The van der Waals surface area contributed by atoms with Crippen molar-refractivity contribution in [3.05, 3.63) is 71.8 Å². The largest absolute Gasteiger partial charge is 0.462 e. The second-order valence-corrected chi connectivity index (χ2v) is 5.55. The zero-order valence-electron chi connectivity index (χ0n) is 12.8. The van der Waals surface area contributed by atoms with E-state index in [9.17, 15) is 4.79 Å². The zero-order valence-corrected chi connectivity index (χ0v) is 12.8. The molecule has 0 saturated heterocycles. The molecule has 0 radical (unpaired) electrons. The van der Waals surface area contributed by atoms with E-state index in [1.165, 1.54) is 28.3 Å². The third kappa shape index (κ3) is 2.82. The molecule has 0 unspecified atom stereocenters. The number of carbonyl (C=O) groups excluding carboxylic acids is 1. The molecule has 0 spiro atoms. The van der Waals surface area contributed by atoms with Crippen LogP contribution in [0.2, 0.25) is 0 Å². The van der Waals surface area contributed by atoms with Gasteiger partial charge in [-0.2, -0.15) is 0 Å². The summed E-state index contributed by atoms with van der Waals surface area (Å²) in [6.45, 7) is 2.48. The quantitative estimate of drug-likeness (QED) is 0.590. The molecule has 2 aromatic rings. The van der Waals surface area contributed by atoms with Crippen LogP contribution in [0, 0.1) is 0 Å². The van der Waals surface area contributed by atoms with Crippen LogP contribution in [-0.2, 0) is 9.53 Å². The number of carbonyl (C=O) groups is 1. The number of rotatable bonds is 5. The Bertz CT molecular complexity index is 655. The molecule has 0 atom stereocenters. The van der Waals surface area contributed by atoms with Crippen LogP contribution in [0.15, 0.2) is 60.7 Å². The van der Waals surface area contributed by atoms with Crippen molar-refractivity contribution in [3.8, 4) is 11.1 Å². The van der Waals surface area contributed by atoms with Gasteiger partial charge in [-0.05, 0) is 28.7 Å². The molecule has 0 N–H and O–H groups in total. The average molecular weight is 292 g/mol. The van der Waals surface area contributed by atoms with E-state index < -0.39 is 0 Å². The van der Waals surface area contributed by atoms with Crippen LogP contribution in [0.25, 0.3) is 11.1 Å². The number of unbranched alkanes of at least 4 members (excludes halogenated alkanes) is 1. The number of benzene rings is 2. The van der Waals surface area contributed by atoms with Crippen molar-refractivity contribution >= 4 is 5.97 Å². The standard InChI is InChI=1S/C20H20O2/c1-2-3-4-13-20(21)22-14-19-17-11-7-5-9-15(17)16-10-6-8-12-18(16)19/h4-13,19H,2-3,14H2,1H3. The van der Waals surface area contributed by atoms with Crippen LogP contribution >= 0.6 is 0 Å². The van der Waals surface area contributed by atoms with Gasteiger partial charge in [-0.15, -0.1) is 0 Å². The summed E-state index contributed by atoms with van der Waals surface area (Å²) in [6.07, 6.45) is 5.35. The predicted molar refractivity (Wildman–Crippen MR) is 88.7 cm³/mol. The molecule has 0 heterocycles. The Balaban J connectivity index is 1.78. The van der Waals surface area contributed by atoms with E-state index in [0.29, 0.717) is 6.61 Å². The minimum Gasteiger partial charge on any atom is -0.462 e. The maximum Gasteiger partial charge on any atom is 0.330 e. The van der Waals surface area contributed by atoms with Crippen molar-refractivity contribution in [3.63, 3.8) is 0 Å². The maximum atomic E-state index is 11.8. The summed E-state index contributed by atoms with van der Waals surface area (Å²) in [5, 5.41) is 0. The van der Waals surface area contributed by atoms with E-state index in [1.807, 2.05) is 18.2 Å². The molecule has 22 heavy (non-hydrogen) atoms. The van der Waals surface area contributed by atoms with E-state index >= 15 is 0 Å². The first kappa shape index (κ1) is 14.6. The average Bonchev–Trinajstić information content (AvgIpc) is 2.87. The van der Waals surface area contributed by atoms with Crippen molar-refractivity contribution in [2.45, 2.75) is 25.7 Å². The molecular formula is C20H20O2. The molecule has 0 aromatic heterocycles. The Morgan fingerprint density at radius 3 is 2.23 bits per heavy atom. The Hall–Kier alpha value is -2.35. The molecule has 1 aliphatic carbocycles. The number of hydrogen-bond donors (Lipinski definition) is 0. The van der Waals surface area contributed by atoms with Gasteiger partial charge in [-0.25, -0.2) is 4.79 Å². The van der Waals surface area contributed by atoms with Crippen molar-refractivity contribution in [1.29, 1.82) is 0 Å². The van der Waals surface area contributed by atoms with Gasteiger partial charge in [0.15, 0.2) is 0 Å². The highest BCUT2D eigenvalue weighted by Crippen LogP contribution is 2.44. The number of esters is 1. The summed E-state index contributed by atoms with van der Waals surface area (Å²) >= 11 is 0. The highest BCUT2D eigenvalue weighted by molar-refractivity contribution is 5.82. The van der Waals surface area contributed by atoms with E-state index in [4.69, 9.17) is 4.74 Å². The lowest BCUT2D eigenvalue weighted by molar-refractivity contribution is -0.138.